The lowest BCUT2D eigenvalue weighted by Crippen LogP contribution is -2.41. The van der Waals surface area contributed by atoms with E-state index >= 15 is 0 Å². The number of piperidine rings is 1. The number of aromatic nitrogens is 1. The maximum atomic E-state index is 12.7. The van der Waals surface area contributed by atoms with Gasteiger partial charge in [-0.3, -0.25) is 14.4 Å². The van der Waals surface area contributed by atoms with Crippen LogP contribution in [0.3, 0.4) is 0 Å². The van der Waals surface area contributed by atoms with E-state index in [1.807, 2.05) is 53.4 Å². The lowest BCUT2D eigenvalue weighted by atomic mass is 10.0. The average molecular weight is 738 g/mol. The van der Waals surface area contributed by atoms with Crippen LogP contribution in [0.25, 0.3) is 10.9 Å². The van der Waals surface area contributed by atoms with Crippen LogP contribution in [0.2, 0.25) is 0 Å². The van der Waals surface area contributed by atoms with Gasteiger partial charge in [0, 0.05) is 63.7 Å². The van der Waals surface area contributed by atoms with E-state index in [0.29, 0.717) is 50.2 Å². The van der Waals surface area contributed by atoms with Gasteiger partial charge >= 0.3 is 12.1 Å². The summed E-state index contributed by atoms with van der Waals surface area (Å²) in [5, 5.41) is 30.5. The number of rotatable bonds is 15. The Bertz CT molecular complexity index is 1940. The quantitative estimate of drug-likeness (QED) is 0.1000. The minimum atomic E-state index is -5.00. The molecule has 6 N–H and O–H groups in total. The number of benzene rings is 3. The van der Waals surface area contributed by atoms with Crippen LogP contribution in [0.4, 0.5) is 13.2 Å². The highest BCUT2D eigenvalue weighted by Crippen LogP contribution is 2.28. The number of nitrogens with one attached hydrogen (secondary N) is 4. The Hall–Kier alpha value is -5.25. The fourth-order valence-electron chi connectivity index (χ4n) is 6.10. The molecule has 4 aromatic rings. The zero-order valence-corrected chi connectivity index (χ0v) is 28.9. The van der Waals surface area contributed by atoms with Crippen molar-refractivity contribution in [2.75, 3.05) is 26.2 Å². The van der Waals surface area contributed by atoms with Crippen LogP contribution in [0.15, 0.2) is 77.6 Å². The molecule has 1 atom stereocenters. The van der Waals surface area contributed by atoms with Crippen molar-refractivity contribution in [3.05, 3.63) is 111 Å². The number of ether oxygens (including phenoxy) is 1. The summed E-state index contributed by atoms with van der Waals surface area (Å²) in [7, 11) is 0. The number of aromatic amines is 1. The van der Waals surface area contributed by atoms with E-state index in [9.17, 15) is 42.6 Å². The Morgan fingerprint density at radius 2 is 1.53 bits per heavy atom. The first-order valence-electron chi connectivity index (χ1n) is 17.3. The molecule has 2 heterocycles. The first kappa shape index (κ1) is 39.0. The number of carbonyl (C=O) groups excluding carboxylic acids is 3. The zero-order valence-electron chi connectivity index (χ0n) is 28.9. The number of phenolic OH excluding ortho intramolecular Hbond substituents is 1. The van der Waals surface area contributed by atoms with E-state index in [2.05, 4.69) is 25.7 Å². The lowest BCUT2D eigenvalue weighted by Gasteiger charge is -2.31. The third-order valence-corrected chi connectivity index (χ3v) is 8.99. The van der Waals surface area contributed by atoms with Gasteiger partial charge in [-0.15, -0.1) is 0 Å². The Morgan fingerprint density at radius 3 is 2.21 bits per heavy atom. The van der Waals surface area contributed by atoms with Gasteiger partial charge in [0.15, 0.2) is 0 Å². The summed E-state index contributed by atoms with van der Waals surface area (Å²) in [6, 6.07) is 21.0. The summed E-state index contributed by atoms with van der Waals surface area (Å²) in [5.74, 6) is -2.55. The molecule has 3 aromatic carbocycles. The van der Waals surface area contributed by atoms with Crippen LogP contribution in [-0.4, -0.2) is 76.3 Å². The molecular formula is C38H42F3N5O7. The molecule has 1 aliphatic heterocycles. The van der Waals surface area contributed by atoms with Crippen molar-refractivity contribution in [3.63, 3.8) is 0 Å². The summed E-state index contributed by atoms with van der Waals surface area (Å²) in [6.07, 6.45) is -5.70. The molecule has 1 fully saturated rings. The van der Waals surface area contributed by atoms with E-state index in [1.165, 1.54) is 12.1 Å². The molecule has 1 aromatic heterocycles. The maximum Gasteiger partial charge on any atom is 0.490 e. The van der Waals surface area contributed by atoms with E-state index in [0.717, 1.165) is 22.3 Å². The van der Waals surface area contributed by atoms with Gasteiger partial charge in [-0.1, -0.05) is 54.6 Å². The van der Waals surface area contributed by atoms with Crippen molar-refractivity contribution in [1.82, 2.24) is 25.8 Å². The Labute approximate surface area is 303 Å². The zero-order chi connectivity index (χ0) is 38.0. The Morgan fingerprint density at radius 1 is 0.868 bits per heavy atom. The number of H-pyrrole nitrogens is 1. The van der Waals surface area contributed by atoms with Gasteiger partial charge in [-0.25, -0.2) is 4.79 Å². The summed E-state index contributed by atoms with van der Waals surface area (Å²) in [5.41, 5.74) is 4.02. The van der Waals surface area contributed by atoms with Gasteiger partial charge in [0.25, 0.3) is 0 Å². The van der Waals surface area contributed by atoms with Crippen molar-refractivity contribution in [3.8, 4) is 5.75 Å². The summed E-state index contributed by atoms with van der Waals surface area (Å²) in [6.45, 7) is 2.63. The third-order valence-electron chi connectivity index (χ3n) is 8.99. The molecule has 12 nitrogen and oxygen atoms in total. The SMILES string of the molecule is O=C(CCN1CCC(OC(=O)C(F)(F)F)CC1)NCc1ccc(CNC(=O)Cc2cccc(CNC[C@H](O)c3ccc(O)c4[nH]c(=O)ccc34)c2)cc1. The number of amides is 2. The van der Waals surface area contributed by atoms with Crippen molar-refractivity contribution < 1.29 is 42.5 Å². The molecular weight excluding hydrogens is 695 g/mol. The monoisotopic (exact) mass is 737 g/mol. The molecule has 2 amide bonds. The van der Waals surface area contributed by atoms with Crippen LogP contribution in [-0.2, 0) is 45.2 Å². The smallest absolute Gasteiger partial charge is 0.490 e. The van der Waals surface area contributed by atoms with Crippen molar-refractivity contribution in [2.24, 2.45) is 0 Å². The molecule has 0 aliphatic carbocycles. The molecule has 282 valence electrons. The fourth-order valence-corrected chi connectivity index (χ4v) is 6.10. The average Bonchev–Trinajstić information content (AvgIpc) is 3.13. The number of phenols is 1. The van der Waals surface area contributed by atoms with Crippen LogP contribution in [0.5, 0.6) is 5.75 Å². The highest BCUT2D eigenvalue weighted by molar-refractivity contribution is 5.87. The van der Waals surface area contributed by atoms with E-state index in [-0.39, 0.29) is 60.9 Å². The van der Waals surface area contributed by atoms with Gasteiger partial charge in [-0.2, -0.15) is 13.2 Å². The number of alkyl halides is 3. The molecule has 0 unspecified atom stereocenters. The molecule has 0 radical (unpaired) electrons. The van der Waals surface area contributed by atoms with Crippen molar-refractivity contribution in [2.45, 2.75) is 63.7 Å². The number of carbonyl (C=O) groups is 3. The number of aromatic hydroxyl groups is 1. The molecule has 0 spiro atoms. The molecule has 1 aliphatic rings. The van der Waals surface area contributed by atoms with Crippen molar-refractivity contribution >= 4 is 28.7 Å². The number of aliphatic hydroxyl groups is 1. The number of aliphatic hydroxyl groups excluding tert-OH is 1. The summed E-state index contributed by atoms with van der Waals surface area (Å²) < 4.78 is 41.7. The molecule has 1 saturated heterocycles. The van der Waals surface area contributed by atoms with Gasteiger partial charge in [0.1, 0.15) is 11.9 Å². The molecule has 15 heteroatoms. The Kier molecular flexibility index (Phi) is 13.2. The largest absolute Gasteiger partial charge is 0.506 e. The second kappa shape index (κ2) is 18.0. The van der Waals surface area contributed by atoms with Crippen molar-refractivity contribution in [1.29, 1.82) is 0 Å². The third kappa shape index (κ3) is 11.6. The first-order valence-corrected chi connectivity index (χ1v) is 17.3. The standard InChI is InChI=1S/C38H42F3N5O7/c39-38(40,41)37(52)53-28-12-15-46(16-13-28)17-14-33(49)43-21-24-4-6-25(7-5-24)22-44-35(51)19-26-2-1-3-27(18-26)20-42-23-32(48)29-8-10-31(47)36-30(29)9-11-34(50)45-36/h1-11,18,28,32,42,47-48H,12-17,19-23H2,(H,43,49)(H,44,51)(H,45,50)/t32-/m0/s1. The van der Waals surface area contributed by atoms with Gasteiger partial charge in [0.05, 0.1) is 18.0 Å². The minimum Gasteiger partial charge on any atom is -0.506 e. The number of hydrogen-bond donors (Lipinski definition) is 6. The predicted molar refractivity (Wildman–Crippen MR) is 189 cm³/mol. The predicted octanol–water partition coefficient (Wildman–Crippen LogP) is 3.49. The van der Waals surface area contributed by atoms with E-state index in [1.54, 1.807) is 12.1 Å². The fraction of sp³-hybridized carbons (Fsp3) is 0.368. The summed E-state index contributed by atoms with van der Waals surface area (Å²) in [4.78, 5) is 52.3. The number of halogens is 3. The molecule has 5 rings (SSSR count). The topological polar surface area (TPSA) is 173 Å². The number of esters is 1. The number of hydrogen-bond acceptors (Lipinski definition) is 9. The molecule has 0 saturated carbocycles. The molecule has 53 heavy (non-hydrogen) atoms. The van der Waals surface area contributed by atoms with E-state index < -0.39 is 24.4 Å². The number of fused-ring (bicyclic) bond motifs is 1. The second-order valence-electron chi connectivity index (χ2n) is 13.0. The van der Waals surface area contributed by atoms with Crippen LogP contribution < -0.4 is 21.5 Å². The minimum absolute atomic E-state index is 0.0756. The normalized spacial score (nSPS) is 14.5. The lowest BCUT2D eigenvalue weighted by molar-refractivity contribution is -0.206. The highest BCUT2D eigenvalue weighted by atomic mass is 19.4. The highest BCUT2D eigenvalue weighted by Gasteiger charge is 2.42. The van der Waals surface area contributed by atoms with Gasteiger partial charge in [-0.05, 0) is 52.8 Å². The molecule has 0 bridgehead atoms. The number of nitrogens with zero attached hydrogens (tertiary/aromatic N) is 1. The van der Waals surface area contributed by atoms with Crippen LogP contribution in [0.1, 0.15) is 53.2 Å². The van der Waals surface area contributed by atoms with Crippen LogP contribution >= 0.6 is 0 Å². The maximum absolute atomic E-state index is 12.7. The summed E-state index contributed by atoms with van der Waals surface area (Å²) >= 11 is 0. The van der Waals surface area contributed by atoms with Gasteiger partial charge in [0.2, 0.25) is 17.4 Å². The second-order valence-corrected chi connectivity index (χ2v) is 13.0. The number of pyridine rings is 1. The Balaban J connectivity index is 0.975. The first-order chi connectivity index (χ1) is 25.3. The number of likely N-dealkylation sites (tertiary alicyclic amines) is 1. The van der Waals surface area contributed by atoms with E-state index in [4.69, 9.17) is 0 Å². The van der Waals surface area contributed by atoms with Crippen LogP contribution in [0, 0.1) is 0 Å². The van der Waals surface area contributed by atoms with Gasteiger partial charge < -0.3 is 40.8 Å².